The number of carbonyl (C=O) groups is 1. The molecule has 0 saturated carbocycles. The second-order valence-electron chi connectivity index (χ2n) is 5.31. The monoisotopic (exact) mass is 301 g/mol. The predicted molar refractivity (Wildman–Crippen MR) is 86.7 cm³/mol. The van der Waals surface area contributed by atoms with Crippen LogP contribution in [0.3, 0.4) is 0 Å². The zero-order chi connectivity index (χ0) is 15.8. The summed E-state index contributed by atoms with van der Waals surface area (Å²) in [6.45, 7) is 3.46. The van der Waals surface area contributed by atoms with E-state index < -0.39 is 0 Å². The number of hydrogen-bond donors (Lipinski definition) is 1. The number of unbranched alkanes of at least 4 members (excludes halogenated alkanes) is 1. The molecular weight excluding hydrogens is 278 g/mol. The minimum absolute atomic E-state index is 0.0260. The first kappa shape index (κ1) is 16.0. The number of para-hydroxylation sites is 1. The maximum Gasteiger partial charge on any atom is 0.244 e. The van der Waals surface area contributed by atoms with Gasteiger partial charge in [-0.25, -0.2) is 9.67 Å². The summed E-state index contributed by atoms with van der Waals surface area (Å²) in [4.78, 5) is 18.0. The van der Waals surface area contributed by atoms with E-state index >= 15 is 0 Å². The molecule has 0 aliphatic rings. The zero-order valence-corrected chi connectivity index (χ0v) is 13.1. The van der Waals surface area contributed by atoms with Crippen LogP contribution in [0.1, 0.15) is 25.8 Å². The zero-order valence-electron chi connectivity index (χ0n) is 13.1. The van der Waals surface area contributed by atoms with Crippen molar-refractivity contribution in [2.75, 3.05) is 25.0 Å². The summed E-state index contributed by atoms with van der Waals surface area (Å²) in [6, 6.07) is 9.97. The Balaban J connectivity index is 1.62. The number of benzene rings is 1. The van der Waals surface area contributed by atoms with Gasteiger partial charge in [-0.15, -0.1) is 0 Å². The molecular formula is C16H23N5O. The van der Waals surface area contributed by atoms with Crippen molar-refractivity contribution in [1.82, 2.24) is 20.1 Å². The van der Waals surface area contributed by atoms with Gasteiger partial charge in [0.05, 0.1) is 0 Å². The molecule has 6 heteroatoms. The number of nitrogens with one attached hydrogen (secondary N) is 1. The van der Waals surface area contributed by atoms with E-state index in [2.05, 4.69) is 39.5 Å². The number of anilines is 1. The Labute approximate surface area is 131 Å². The van der Waals surface area contributed by atoms with Gasteiger partial charge >= 0.3 is 0 Å². The molecule has 0 radical (unpaired) electrons. The lowest BCUT2D eigenvalue weighted by Gasteiger charge is -2.19. The standard InChI is InChI=1S/C16H23N5O/c1-14(21-13-17-12-19-21)16(22)18-10-6-7-11-20(2)15-8-4-3-5-9-15/h3-5,8-9,12-14H,6-7,10-11H2,1-2H3,(H,18,22). The molecule has 1 unspecified atom stereocenters. The van der Waals surface area contributed by atoms with Crippen LogP contribution < -0.4 is 10.2 Å². The smallest absolute Gasteiger partial charge is 0.244 e. The molecule has 1 N–H and O–H groups in total. The largest absolute Gasteiger partial charge is 0.375 e. The fraction of sp³-hybridized carbons (Fsp3) is 0.438. The molecule has 1 atom stereocenters. The van der Waals surface area contributed by atoms with Gasteiger partial charge in [-0.3, -0.25) is 4.79 Å². The van der Waals surface area contributed by atoms with Gasteiger partial charge in [0, 0.05) is 25.8 Å². The molecule has 0 spiro atoms. The number of hydrogen-bond acceptors (Lipinski definition) is 4. The SMILES string of the molecule is CC(C(=O)NCCCCN(C)c1ccccc1)n1cncn1. The van der Waals surface area contributed by atoms with Crippen molar-refractivity contribution in [2.24, 2.45) is 0 Å². The van der Waals surface area contributed by atoms with E-state index in [-0.39, 0.29) is 11.9 Å². The Morgan fingerprint density at radius 3 is 2.77 bits per heavy atom. The lowest BCUT2D eigenvalue weighted by Crippen LogP contribution is -2.32. The number of carbonyl (C=O) groups excluding carboxylic acids is 1. The maximum atomic E-state index is 11.9. The van der Waals surface area contributed by atoms with Crippen LogP contribution in [0.5, 0.6) is 0 Å². The summed E-state index contributed by atoms with van der Waals surface area (Å²) in [5.41, 5.74) is 1.21. The minimum atomic E-state index is -0.325. The Bertz CT molecular complexity index is 555. The molecule has 0 aliphatic carbocycles. The molecule has 1 aromatic carbocycles. The Morgan fingerprint density at radius 1 is 1.32 bits per heavy atom. The molecule has 118 valence electrons. The van der Waals surface area contributed by atoms with Gasteiger partial charge in [0.2, 0.25) is 5.91 Å². The van der Waals surface area contributed by atoms with Crippen molar-refractivity contribution in [3.05, 3.63) is 43.0 Å². The second kappa shape index (κ2) is 8.17. The molecule has 1 amide bonds. The van der Waals surface area contributed by atoms with Gasteiger partial charge in [-0.2, -0.15) is 5.10 Å². The van der Waals surface area contributed by atoms with Crippen molar-refractivity contribution < 1.29 is 4.79 Å². The highest BCUT2D eigenvalue weighted by molar-refractivity contribution is 5.79. The Hall–Kier alpha value is -2.37. The summed E-state index contributed by atoms with van der Waals surface area (Å²) in [7, 11) is 2.08. The van der Waals surface area contributed by atoms with Crippen LogP contribution in [0.2, 0.25) is 0 Å². The van der Waals surface area contributed by atoms with Crippen LogP contribution in [0.25, 0.3) is 0 Å². The van der Waals surface area contributed by atoms with E-state index in [1.165, 1.54) is 12.0 Å². The van der Waals surface area contributed by atoms with Gasteiger partial charge in [0.25, 0.3) is 0 Å². The van der Waals surface area contributed by atoms with Crippen LogP contribution in [-0.4, -0.2) is 40.8 Å². The van der Waals surface area contributed by atoms with Crippen molar-refractivity contribution >= 4 is 11.6 Å². The van der Waals surface area contributed by atoms with Crippen molar-refractivity contribution in [3.63, 3.8) is 0 Å². The van der Waals surface area contributed by atoms with Crippen molar-refractivity contribution in [1.29, 1.82) is 0 Å². The fourth-order valence-corrected chi connectivity index (χ4v) is 2.18. The number of rotatable bonds is 8. The number of amides is 1. The summed E-state index contributed by atoms with van der Waals surface area (Å²) >= 11 is 0. The van der Waals surface area contributed by atoms with E-state index in [0.717, 1.165) is 19.4 Å². The Kier molecular flexibility index (Phi) is 5.94. The number of nitrogens with zero attached hydrogens (tertiary/aromatic N) is 4. The van der Waals surface area contributed by atoms with Gasteiger partial charge in [-0.05, 0) is 31.9 Å². The summed E-state index contributed by atoms with van der Waals surface area (Å²) < 4.78 is 1.55. The molecule has 0 aliphatic heterocycles. The minimum Gasteiger partial charge on any atom is -0.375 e. The van der Waals surface area contributed by atoms with Gasteiger partial charge in [0.1, 0.15) is 18.7 Å². The lowest BCUT2D eigenvalue weighted by molar-refractivity contribution is -0.124. The molecule has 1 aromatic heterocycles. The first-order valence-electron chi connectivity index (χ1n) is 7.56. The summed E-state index contributed by atoms with van der Waals surface area (Å²) in [5.74, 6) is -0.0260. The highest BCUT2D eigenvalue weighted by Gasteiger charge is 2.14. The number of aromatic nitrogens is 3. The lowest BCUT2D eigenvalue weighted by atomic mass is 10.2. The third-order valence-corrected chi connectivity index (χ3v) is 3.63. The average Bonchev–Trinajstić information content (AvgIpc) is 3.08. The van der Waals surface area contributed by atoms with E-state index in [1.807, 2.05) is 25.1 Å². The first-order valence-corrected chi connectivity index (χ1v) is 7.56. The third-order valence-electron chi connectivity index (χ3n) is 3.63. The summed E-state index contributed by atoms with van der Waals surface area (Å²) in [5, 5.41) is 6.91. The quantitative estimate of drug-likeness (QED) is 0.756. The van der Waals surface area contributed by atoms with Crippen LogP contribution in [-0.2, 0) is 4.79 Å². The van der Waals surface area contributed by atoms with Crippen LogP contribution in [0.15, 0.2) is 43.0 Å². The molecule has 22 heavy (non-hydrogen) atoms. The average molecular weight is 301 g/mol. The van der Waals surface area contributed by atoms with Crippen molar-refractivity contribution in [2.45, 2.75) is 25.8 Å². The summed E-state index contributed by atoms with van der Waals surface area (Å²) in [6.07, 6.45) is 4.97. The highest BCUT2D eigenvalue weighted by atomic mass is 16.2. The third kappa shape index (κ3) is 4.58. The van der Waals surface area contributed by atoms with Crippen molar-refractivity contribution in [3.8, 4) is 0 Å². The van der Waals surface area contributed by atoms with E-state index in [1.54, 1.807) is 11.0 Å². The molecule has 1 heterocycles. The highest BCUT2D eigenvalue weighted by Crippen LogP contribution is 2.11. The predicted octanol–water partition coefficient (Wildman–Crippen LogP) is 1.87. The van der Waals surface area contributed by atoms with Crippen LogP contribution >= 0.6 is 0 Å². The topological polar surface area (TPSA) is 63.1 Å². The molecule has 0 bridgehead atoms. The molecule has 0 saturated heterocycles. The molecule has 2 rings (SSSR count). The first-order chi connectivity index (χ1) is 10.7. The van der Waals surface area contributed by atoms with Crippen LogP contribution in [0.4, 0.5) is 5.69 Å². The van der Waals surface area contributed by atoms with E-state index in [9.17, 15) is 4.79 Å². The normalized spacial score (nSPS) is 11.9. The fourth-order valence-electron chi connectivity index (χ4n) is 2.18. The Morgan fingerprint density at radius 2 is 2.09 bits per heavy atom. The van der Waals surface area contributed by atoms with Gasteiger partial charge < -0.3 is 10.2 Å². The van der Waals surface area contributed by atoms with E-state index in [4.69, 9.17) is 0 Å². The van der Waals surface area contributed by atoms with Crippen LogP contribution in [0, 0.1) is 0 Å². The molecule has 2 aromatic rings. The van der Waals surface area contributed by atoms with Gasteiger partial charge in [0.15, 0.2) is 0 Å². The second-order valence-corrected chi connectivity index (χ2v) is 5.31. The molecule has 0 fully saturated rings. The van der Waals surface area contributed by atoms with Gasteiger partial charge in [-0.1, -0.05) is 18.2 Å². The van der Waals surface area contributed by atoms with E-state index in [0.29, 0.717) is 6.54 Å². The maximum absolute atomic E-state index is 11.9. The molecule has 6 nitrogen and oxygen atoms in total.